The fourth-order valence-electron chi connectivity index (χ4n) is 3.30. The predicted octanol–water partition coefficient (Wildman–Crippen LogP) is 5.18. The minimum Gasteiger partial charge on any atom is -0.340 e. The number of Topliss-reactive ketones (excluding diaryl/α,β-unsaturated/α-hetero) is 1. The van der Waals surface area contributed by atoms with Gasteiger partial charge in [-0.05, 0) is 36.6 Å². The number of ketones is 1. The van der Waals surface area contributed by atoms with Crippen molar-refractivity contribution in [1.29, 1.82) is 0 Å². The Balaban J connectivity index is 1.72. The number of benzene rings is 2. The summed E-state index contributed by atoms with van der Waals surface area (Å²) in [4.78, 5) is 20.9. The Morgan fingerprint density at radius 2 is 2.00 bits per heavy atom. The third-order valence-electron chi connectivity index (χ3n) is 4.63. The lowest BCUT2D eigenvalue weighted by Crippen LogP contribution is -1.98. The molecule has 0 amide bonds. The highest BCUT2D eigenvalue weighted by Gasteiger charge is 2.15. The van der Waals surface area contributed by atoms with Crippen molar-refractivity contribution in [3.05, 3.63) is 65.8 Å². The van der Waals surface area contributed by atoms with E-state index in [0.29, 0.717) is 11.4 Å². The number of rotatable bonds is 4. The van der Waals surface area contributed by atoms with E-state index < -0.39 is 0 Å². The van der Waals surface area contributed by atoms with Crippen LogP contribution in [0.5, 0.6) is 0 Å². The highest BCUT2D eigenvalue weighted by Crippen LogP contribution is 2.37. The average Bonchev–Trinajstić information content (AvgIpc) is 3.40. The topological polar surface area (TPSA) is 83.6 Å². The van der Waals surface area contributed by atoms with Crippen LogP contribution in [0.3, 0.4) is 0 Å². The number of thiophene rings is 1. The van der Waals surface area contributed by atoms with Crippen LogP contribution in [0.15, 0.2) is 60.2 Å². The van der Waals surface area contributed by atoms with E-state index in [4.69, 9.17) is 4.98 Å². The molecule has 0 bridgehead atoms. The van der Waals surface area contributed by atoms with Crippen LogP contribution in [0.1, 0.15) is 17.3 Å². The van der Waals surface area contributed by atoms with E-state index in [1.54, 1.807) is 18.3 Å². The van der Waals surface area contributed by atoms with Gasteiger partial charge in [-0.3, -0.25) is 9.89 Å². The molecule has 136 valence electrons. The Morgan fingerprint density at radius 1 is 1.11 bits per heavy atom. The molecule has 2 aromatic carbocycles. The number of aromatic nitrogens is 4. The molecular formula is C21H15N5OS. The van der Waals surface area contributed by atoms with Crippen molar-refractivity contribution in [2.45, 2.75) is 6.92 Å². The van der Waals surface area contributed by atoms with Gasteiger partial charge in [0.1, 0.15) is 12.1 Å². The Morgan fingerprint density at radius 3 is 2.82 bits per heavy atom. The number of hydrogen-bond acceptors (Lipinski definition) is 6. The van der Waals surface area contributed by atoms with E-state index in [1.807, 2.05) is 36.4 Å². The van der Waals surface area contributed by atoms with Gasteiger partial charge in [0.15, 0.2) is 11.6 Å². The molecule has 5 aromatic rings. The van der Waals surface area contributed by atoms with Crippen LogP contribution in [-0.2, 0) is 0 Å². The maximum atomic E-state index is 11.7. The molecule has 2 N–H and O–H groups in total. The second-order valence-electron chi connectivity index (χ2n) is 6.42. The van der Waals surface area contributed by atoms with Gasteiger partial charge >= 0.3 is 0 Å². The molecule has 0 unspecified atom stereocenters. The zero-order valence-corrected chi connectivity index (χ0v) is 15.7. The monoisotopic (exact) mass is 385 g/mol. The standard InChI is InChI=1S/C21H15N5OS/c1-12(27)13-4-2-5-14(10-13)24-21-17-8-9-28-19(17)15-6-3-7-16(18(15)25-21)20-22-11-23-26-20/h2-11H,1H3,(H,24,25)(H,22,23,26). The second kappa shape index (κ2) is 6.54. The van der Waals surface area contributed by atoms with Gasteiger partial charge in [-0.2, -0.15) is 5.10 Å². The number of nitrogens with zero attached hydrogens (tertiary/aromatic N) is 3. The minimum atomic E-state index is 0.0309. The predicted molar refractivity (Wildman–Crippen MR) is 112 cm³/mol. The van der Waals surface area contributed by atoms with E-state index in [-0.39, 0.29) is 5.78 Å². The highest BCUT2D eigenvalue weighted by molar-refractivity contribution is 7.18. The molecule has 5 rings (SSSR count). The largest absolute Gasteiger partial charge is 0.340 e. The summed E-state index contributed by atoms with van der Waals surface area (Å²) >= 11 is 1.68. The molecular weight excluding hydrogens is 370 g/mol. The fraction of sp³-hybridized carbons (Fsp3) is 0.0476. The van der Waals surface area contributed by atoms with Gasteiger partial charge < -0.3 is 5.32 Å². The number of para-hydroxylation sites is 1. The van der Waals surface area contributed by atoms with Crippen LogP contribution >= 0.6 is 11.3 Å². The lowest BCUT2D eigenvalue weighted by atomic mass is 10.1. The Bertz CT molecular complexity index is 1320. The molecule has 6 nitrogen and oxygen atoms in total. The summed E-state index contributed by atoms with van der Waals surface area (Å²) in [5.74, 6) is 1.46. The maximum absolute atomic E-state index is 11.7. The summed E-state index contributed by atoms with van der Waals surface area (Å²) in [6.07, 6.45) is 1.49. The molecule has 0 saturated heterocycles. The van der Waals surface area contributed by atoms with Gasteiger partial charge in [-0.25, -0.2) is 9.97 Å². The van der Waals surface area contributed by atoms with E-state index in [0.717, 1.165) is 38.1 Å². The number of pyridine rings is 1. The molecule has 0 fully saturated rings. The number of aromatic amines is 1. The van der Waals surface area contributed by atoms with E-state index in [1.165, 1.54) is 6.33 Å². The van der Waals surface area contributed by atoms with Crippen molar-refractivity contribution < 1.29 is 4.79 Å². The SMILES string of the molecule is CC(=O)c1cccc(Nc2nc3c(-c4ncn[nH]4)cccc3c3sccc23)c1. The highest BCUT2D eigenvalue weighted by atomic mass is 32.1. The van der Waals surface area contributed by atoms with Crippen LogP contribution in [0.2, 0.25) is 0 Å². The molecule has 0 aliphatic carbocycles. The number of hydrogen-bond donors (Lipinski definition) is 2. The van der Waals surface area contributed by atoms with Crippen LogP contribution in [0, 0.1) is 0 Å². The molecule has 3 heterocycles. The zero-order chi connectivity index (χ0) is 19.1. The normalized spacial score (nSPS) is 11.2. The van der Waals surface area contributed by atoms with Gasteiger partial charge in [-0.15, -0.1) is 11.3 Å². The molecule has 28 heavy (non-hydrogen) atoms. The smallest absolute Gasteiger partial charge is 0.159 e. The first kappa shape index (κ1) is 16.6. The maximum Gasteiger partial charge on any atom is 0.159 e. The van der Waals surface area contributed by atoms with Crippen LogP contribution < -0.4 is 5.32 Å². The second-order valence-corrected chi connectivity index (χ2v) is 7.34. The lowest BCUT2D eigenvalue weighted by Gasteiger charge is -2.11. The third-order valence-corrected chi connectivity index (χ3v) is 5.57. The van der Waals surface area contributed by atoms with Crippen molar-refractivity contribution in [2.75, 3.05) is 5.32 Å². The summed E-state index contributed by atoms with van der Waals surface area (Å²) in [6.45, 7) is 1.56. The summed E-state index contributed by atoms with van der Waals surface area (Å²) in [7, 11) is 0. The van der Waals surface area contributed by atoms with E-state index in [9.17, 15) is 4.79 Å². The molecule has 0 saturated carbocycles. The summed E-state index contributed by atoms with van der Waals surface area (Å²) in [6, 6.07) is 15.6. The van der Waals surface area contributed by atoms with Crippen molar-refractivity contribution in [3.63, 3.8) is 0 Å². The Labute approximate surface area is 164 Å². The molecule has 7 heteroatoms. The van der Waals surface area contributed by atoms with Gasteiger partial charge in [0.25, 0.3) is 0 Å². The zero-order valence-electron chi connectivity index (χ0n) is 14.9. The first-order chi connectivity index (χ1) is 13.7. The Kier molecular flexibility index (Phi) is 3.87. The minimum absolute atomic E-state index is 0.0309. The van der Waals surface area contributed by atoms with E-state index >= 15 is 0 Å². The number of carbonyl (C=O) groups excluding carboxylic acids is 1. The van der Waals surface area contributed by atoms with Gasteiger partial charge in [0.05, 0.1) is 5.52 Å². The van der Waals surface area contributed by atoms with Gasteiger partial charge in [0, 0.05) is 32.3 Å². The Hall–Kier alpha value is -3.58. The van der Waals surface area contributed by atoms with Crippen LogP contribution in [-0.4, -0.2) is 25.9 Å². The van der Waals surface area contributed by atoms with Crippen molar-refractivity contribution in [1.82, 2.24) is 20.2 Å². The number of fused-ring (bicyclic) bond motifs is 3. The summed E-state index contributed by atoms with van der Waals surface area (Å²) < 4.78 is 1.15. The molecule has 0 atom stereocenters. The first-order valence-corrected chi connectivity index (χ1v) is 9.62. The summed E-state index contributed by atoms with van der Waals surface area (Å²) in [5, 5.41) is 14.4. The van der Waals surface area contributed by atoms with Gasteiger partial charge in [-0.1, -0.05) is 24.3 Å². The van der Waals surface area contributed by atoms with Crippen LogP contribution in [0.4, 0.5) is 11.5 Å². The van der Waals surface area contributed by atoms with E-state index in [2.05, 4.69) is 38.0 Å². The van der Waals surface area contributed by atoms with Crippen LogP contribution in [0.25, 0.3) is 32.4 Å². The lowest BCUT2D eigenvalue weighted by molar-refractivity contribution is 0.101. The number of carbonyl (C=O) groups is 1. The number of anilines is 2. The van der Waals surface area contributed by atoms with Crippen molar-refractivity contribution in [3.8, 4) is 11.4 Å². The summed E-state index contributed by atoms with van der Waals surface area (Å²) in [5.41, 5.74) is 3.23. The quantitative estimate of drug-likeness (QED) is 0.416. The van der Waals surface area contributed by atoms with Crippen molar-refractivity contribution in [2.24, 2.45) is 0 Å². The first-order valence-electron chi connectivity index (χ1n) is 8.74. The van der Waals surface area contributed by atoms with Gasteiger partial charge in [0.2, 0.25) is 0 Å². The molecule has 0 aliphatic rings. The third kappa shape index (κ3) is 2.73. The fourth-order valence-corrected chi connectivity index (χ4v) is 4.22. The van der Waals surface area contributed by atoms with Crippen molar-refractivity contribution >= 4 is 49.6 Å². The molecule has 0 spiro atoms. The molecule has 3 aromatic heterocycles. The molecule has 0 aliphatic heterocycles. The average molecular weight is 385 g/mol. The molecule has 0 radical (unpaired) electrons. The number of H-pyrrole nitrogens is 1. The number of nitrogens with one attached hydrogen (secondary N) is 2.